The van der Waals surface area contributed by atoms with Gasteiger partial charge in [-0.15, -0.1) is 0 Å². The minimum Gasteiger partial charge on any atom is -0.493 e. The maximum atomic E-state index is 9.01. The second-order valence-electron chi connectivity index (χ2n) is 6.13. The number of aliphatic hydroxyl groups excluding tert-OH is 1. The lowest BCUT2D eigenvalue weighted by molar-refractivity contribution is 0.196. The monoisotopic (exact) mass is 431 g/mol. The van der Waals surface area contributed by atoms with Crippen LogP contribution in [0, 0.1) is 6.92 Å². The van der Waals surface area contributed by atoms with Crippen LogP contribution in [0.25, 0.3) is 10.9 Å². The summed E-state index contributed by atoms with van der Waals surface area (Å²) in [5, 5.41) is 13.3. The van der Waals surface area contributed by atoms with Crippen LogP contribution in [0.4, 0.5) is 5.82 Å². The van der Waals surface area contributed by atoms with Gasteiger partial charge in [0, 0.05) is 15.9 Å². The standard InChI is InChI=1S/C20H22BrN3O3/c1-12(14-5-4-6-15(21)9-14)22-20-16-10-18(26-3)19(27-8-7-25)11-17(16)23-13(2)24-20/h4-6,9-12,25H,7-8H2,1-3H3,(H,22,23,24)/t12-/m1/s1. The molecule has 0 unspecified atom stereocenters. The summed E-state index contributed by atoms with van der Waals surface area (Å²) in [7, 11) is 1.58. The molecule has 0 amide bonds. The van der Waals surface area contributed by atoms with Gasteiger partial charge in [-0.1, -0.05) is 28.1 Å². The van der Waals surface area contributed by atoms with E-state index in [2.05, 4.69) is 50.3 Å². The molecule has 0 radical (unpaired) electrons. The Morgan fingerprint density at radius 3 is 2.70 bits per heavy atom. The van der Waals surface area contributed by atoms with E-state index in [0.29, 0.717) is 17.3 Å². The van der Waals surface area contributed by atoms with Gasteiger partial charge in [0.05, 0.1) is 25.3 Å². The van der Waals surface area contributed by atoms with Gasteiger partial charge in [0.1, 0.15) is 18.2 Å². The number of ether oxygens (including phenoxy) is 2. The first-order valence-electron chi connectivity index (χ1n) is 8.64. The maximum absolute atomic E-state index is 9.01. The van der Waals surface area contributed by atoms with E-state index in [0.717, 1.165) is 26.8 Å². The number of nitrogens with zero attached hydrogens (tertiary/aromatic N) is 2. The lowest BCUT2D eigenvalue weighted by Gasteiger charge is -2.18. The topological polar surface area (TPSA) is 76.5 Å². The molecule has 0 aliphatic heterocycles. The molecule has 1 heterocycles. The predicted octanol–water partition coefficient (Wildman–Crippen LogP) is 4.25. The second kappa shape index (κ2) is 8.54. The van der Waals surface area contributed by atoms with Crippen LogP contribution in [0.3, 0.4) is 0 Å². The molecule has 142 valence electrons. The number of hydrogen-bond acceptors (Lipinski definition) is 6. The van der Waals surface area contributed by atoms with Crippen molar-refractivity contribution in [3.05, 3.63) is 52.3 Å². The molecule has 1 atom stereocenters. The molecule has 0 saturated heterocycles. The Bertz CT molecular complexity index is 949. The zero-order valence-corrected chi connectivity index (χ0v) is 17.1. The van der Waals surface area contributed by atoms with Crippen molar-refractivity contribution < 1.29 is 14.6 Å². The lowest BCUT2D eigenvalue weighted by atomic mass is 10.1. The fourth-order valence-electron chi connectivity index (χ4n) is 2.86. The van der Waals surface area contributed by atoms with Crippen LogP contribution in [0.2, 0.25) is 0 Å². The van der Waals surface area contributed by atoms with Crippen molar-refractivity contribution in [1.82, 2.24) is 9.97 Å². The lowest BCUT2D eigenvalue weighted by Crippen LogP contribution is -2.10. The Kier molecular flexibility index (Phi) is 6.13. The summed E-state index contributed by atoms with van der Waals surface area (Å²) in [5.74, 6) is 2.51. The fraction of sp³-hybridized carbons (Fsp3) is 0.300. The highest BCUT2D eigenvalue weighted by molar-refractivity contribution is 9.10. The summed E-state index contributed by atoms with van der Waals surface area (Å²) in [6, 6.07) is 11.9. The molecule has 3 rings (SSSR count). The molecule has 3 aromatic rings. The Labute approximate surface area is 166 Å². The Morgan fingerprint density at radius 2 is 2.00 bits per heavy atom. The first kappa shape index (κ1) is 19.4. The van der Waals surface area contributed by atoms with Gasteiger partial charge >= 0.3 is 0 Å². The average molecular weight is 432 g/mol. The zero-order valence-electron chi connectivity index (χ0n) is 15.5. The Hall–Kier alpha value is -2.38. The molecule has 27 heavy (non-hydrogen) atoms. The molecule has 7 heteroatoms. The van der Waals surface area contributed by atoms with E-state index in [1.165, 1.54) is 0 Å². The number of aryl methyl sites for hydroxylation is 1. The van der Waals surface area contributed by atoms with Gasteiger partial charge in [-0.25, -0.2) is 9.97 Å². The summed E-state index contributed by atoms with van der Waals surface area (Å²) in [6.45, 7) is 4.06. The summed E-state index contributed by atoms with van der Waals surface area (Å²) in [6.07, 6.45) is 0. The van der Waals surface area contributed by atoms with Gasteiger partial charge in [0.2, 0.25) is 0 Å². The summed E-state index contributed by atoms with van der Waals surface area (Å²) in [4.78, 5) is 9.10. The second-order valence-corrected chi connectivity index (χ2v) is 7.05. The van der Waals surface area contributed by atoms with Crippen molar-refractivity contribution in [2.45, 2.75) is 19.9 Å². The van der Waals surface area contributed by atoms with Gasteiger partial charge in [0.15, 0.2) is 11.5 Å². The van der Waals surface area contributed by atoms with Crippen molar-refractivity contribution in [2.24, 2.45) is 0 Å². The number of rotatable bonds is 7. The molecule has 0 aliphatic carbocycles. The molecule has 0 spiro atoms. The van der Waals surface area contributed by atoms with Crippen molar-refractivity contribution >= 4 is 32.7 Å². The highest BCUT2D eigenvalue weighted by Gasteiger charge is 2.15. The summed E-state index contributed by atoms with van der Waals surface area (Å²) < 4.78 is 12.0. The van der Waals surface area contributed by atoms with E-state index in [1.54, 1.807) is 7.11 Å². The summed E-state index contributed by atoms with van der Waals surface area (Å²) >= 11 is 3.51. The first-order chi connectivity index (χ1) is 13.0. The fourth-order valence-corrected chi connectivity index (χ4v) is 3.27. The minimum absolute atomic E-state index is 0.0521. The maximum Gasteiger partial charge on any atom is 0.163 e. The smallest absolute Gasteiger partial charge is 0.163 e. The van der Waals surface area contributed by atoms with Crippen LogP contribution in [-0.4, -0.2) is 35.4 Å². The number of hydrogen-bond donors (Lipinski definition) is 2. The van der Waals surface area contributed by atoms with E-state index in [4.69, 9.17) is 14.6 Å². The normalized spacial score (nSPS) is 12.0. The molecule has 0 bridgehead atoms. The molecule has 1 aromatic heterocycles. The van der Waals surface area contributed by atoms with Crippen LogP contribution in [0.15, 0.2) is 40.9 Å². The van der Waals surface area contributed by atoms with Crippen LogP contribution in [0.1, 0.15) is 24.4 Å². The van der Waals surface area contributed by atoms with Gasteiger partial charge in [-0.3, -0.25) is 0 Å². The molecule has 0 saturated carbocycles. The van der Waals surface area contributed by atoms with Gasteiger partial charge < -0.3 is 19.9 Å². The van der Waals surface area contributed by atoms with Gasteiger partial charge in [0.25, 0.3) is 0 Å². The van der Waals surface area contributed by atoms with Crippen LogP contribution in [0.5, 0.6) is 11.5 Å². The van der Waals surface area contributed by atoms with Crippen molar-refractivity contribution in [1.29, 1.82) is 0 Å². The third kappa shape index (κ3) is 4.48. The first-order valence-corrected chi connectivity index (χ1v) is 9.43. The Balaban J connectivity index is 2.01. The number of aromatic nitrogens is 2. The molecule has 2 aromatic carbocycles. The largest absolute Gasteiger partial charge is 0.493 e. The number of benzene rings is 2. The number of fused-ring (bicyclic) bond motifs is 1. The van der Waals surface area contributed by atoms with Crippen molar-refractivity contribution in [3.8, 4) is 11.5 Å². The molecule has 0 fully saturated rings. The molecule has 2 N–H and O–H groups in total. The Morgan fingerprint density at radius 1 is 1.19 bits per heavy atom. The van der Waals surface area contributed by atoms with Crippen molar-refractivity contribution in [2.75, 3.05) is 25.6 Å². The van der Waals surface area contributed by atoms with Crippen LogP contribution in [-0.2, 0) is 0 Å². The quantitative estimate of drug-likeness (QED) is 0.581. The van der Waals surface area contributed by atoms with E-state index in [-0.39, 0.29) is 19.3 Å². The van der Waals surface area contributed by atoms with Gasteiger partial charge in [-0.05, 0) is 37.6 Å². The molecular formula is C20H22BrN3O3. The number of halogens is 1. The highest BCUT2D eigenvalue weighted by atomic mass is 79.9. The molecular weight excluding hydrogens is 410 g/mol. The molecule has 0 aliphatic rings. The average Bonchev–Trinajstić information content (AvgIpc) is 2.65. The highest BCUT2D eigenvalue weighted by Crippen LogP contribution is 2.35. The van der Waals surface area contributed by atoms with Crippen molar-refractivity contribution in [3.63, 3.8) is 0 Å². The predicted molar refractivity (Wildman–Crippen MR) is 110 cm³/mol. The van der Waals surface area contributed by atoms with E-state index < -0.39 is 0 Å². The van der Waals surface area contributed by atoms with E-state index in [1.807, 2.05) is 31.2 Å². The third-order valence-corrected chi connectivity index (χ3v) is 4.64. The van der Waals surface area contributed by atoms with Crippen LogP contribution < -0.4 is 14.8 Å². The number of anilines is 1. The minimum atomic E-state index is -0.0685. The third-order valence-electron chi connectivity index (χ3n) is 4.14. The number of methoxy groups -OCH3 is 1. The van der Waals surface area contributed by atoms with E-state index >= 15 is 0 Å². The van der Waals surface area contributed by atoms with Gasteiger partial charge in [-0.2, -0.15) is 0 Å². The number of aliphatic hydroxyl groups is 1. The SMILES string of the molecule is COc1cc2c(N[C@H](C)c3cccc(Br)c3)nc(C)nc2cc1OCCO. The zero-order chi connectivity index (χ0) is 19.4. The number of nitrogens with one attached hydrogen (secondary N) is 1. The van der Waals surface area contributed by atoms with Crippen LogP contribution >= 0.6 is 15.9 Å². The summed E-state index contributed by atoms with van der Waals surface area (Å²) in [5.41, 5.74) is 1.89. The van der Waals surface area contributed by atoms with E-state index in [9.17, 15) is 0 Å². The molecule has 6 nitrogen and oxygen atoms in total.